The number of carbonyl (C=O) groups excluding carboxylic acids is 3. The molecule has 0 radical (unpaired) electrons. The average molecular weight is 394 g/mol. The van der Waals surface area contributed by atoms with E-state index in [9.17, 15) is 14.4 Å². The molecule has 0 spiro atoms. The summed E-state index contributed by atoms with van der Waals surface area (Å²) in [4.78, 5) is 36.5. The number of cyclic esters (lactones) is 2. The second-order valence-corrected chi connectivity index (χ2v) is 7.22. The first-order valence-electron chi connectivity index (χ1n) is 9.07. The van der Waals surface area contributed by atoms with Gasteiger partial charge in [0, 0.05) is 37.0 Å². The van der Waals surface area contributed by atoms with Crippen molar-refractivity contribution in [3.8, 4) is 0 Å². The Morgan fingerprint density at radius 1 is 0.931 bits per heavy atom. The zero-order valence-corrected chi connectivity index (χ0v) is 16.7. The number of nitrogens with one attached hydrogen (secondary N) is 2. The van der Waals surface area contributed by atoms with E-state index in [1.807, 2.05) is 32.0 Å². The molecule has 0 aliphatic carbocycles. The van der Waals surface area contributed by atoms with Crippen LogP contribution in [-0.2, 0) is 19.1 Å². The fourth-order valence-corrected chi connectivity index (χ4v) is 2.71. The summed E-state index contributed by atoms with van der Waals surface area (Å²) in [5.41, 5.74) is 3.62. The van der Waals surface area contributed by atoms with Crippen LogP contribution in [0.2, 0.25) is 0 Å². The van der Waals surface area contributed by atoms with Crippen molar-refractivity contribution >= 4 is 29.2 Å². The molecule has 2 aromatic rings. The lowest BCUT2D eigenvalue weighted by atomic mass is 10.1. The highest BCUT2D eigenvalue weighted by Gasteiger charge is 2.38. The van der Waals surface area contributed by atoms with Gasteiger partial charge in [-0.2, -0.15) is 0 Å². The Morgan fingerprint density at radius 2 is 1.62 bits per heavy atom. The fourth-order valence-electron chi connectivity index (χ4n) is 2.71. The number of anilines is 2. The molecular weight excluding hydrogens is 372 g/mol. The molecule has 2 aromatic carbocycles. The summed E-state index contributed by atoms with van der Waals surface area (Å²) in [7, 11) is 0. The van der Waals surface area contributed by atoms with Crippen LogP contribution in [0, 0.1) is 13.8 Å². The number of aryl methyl sites for hydroxylation is 2. The van der Waals surface area contributed by atoms with Crippen LogP contribution in [0.5, 0.6) is 0 Å². The summed E-state index contributed by atoms with van der Waals surface area (Å²) in [6.45, 7) is 6.93. The first-order chi connectivity index (χ1) is 13.6. The van der Waals surface area contributed by atoms with Gasteiger partial charge in [0.15, 0.2) is 5.57 Å². The van der Waals surface area contributed by atoms with Gasteiger partial charge in [0.1, 0.15) is 0 Å². The van der Waals surface area contributed by atoms with E-state index < -0.39 is 17.7 Å². The second kappa shape index (κ2) is 7.79. The van der Waals surface area contributed by atoms with Crippen molar-refractivity contribution in [1.29, 1.82) is 0 Å². The number of rotatable bonds is 4. The maximum atomic E-state index is 12.5. The van der Waals surface area contributed by atoms with Gasteiger partial charge in [0.05, 0.1) is 0 Å². The largest absolute Gasteiger partial charge is 0.419 e. The van der Waals surface area contributed by atoms with Gasteiger partial charge < -0.3 is 20.1 Å². The molecule has 2 N–H and O–H groups in total. The number of hydrogen-bond donors (Lipinski definition) is 2. The van der Waals surface area contributed by atoms with Crippen LogP contribution in [0.25, 0.3) is 0 Å². The van der Waals surface area contributed by atoms with Gasteiger partial charge >= 0.3 is 11.9 Å². The van der Waals surface area contributed by atoms with E-state index in [0.29, 0.717) is 16.9 Å². The lowest BCUT2D eigenvalue weighted by Gasteiger charge is -2.29. The molecule has 29 heavy (non-hydrogen) atoms. The highest BCUT2D eigenvalue weighted by Crippen LogP contribution is 2.23. The molecule has 0 bridgehead atoms. The van der Waals surface area contributed by atoms with Crippen LogP contribution in [0.1, 0.15) is 35.3 Å². The van der Waals surface area contributed by atoms with Gasteiger partial charge in [-0.1, -0.05) is 12.1 Å². The van der Waals surface area contributed by atoms with E-state index in [2.05, 4.69) is 10.6 Å². The first kappa shape index (κ1) is 20.1. The summed E-state index contributed by atoms with van der Waals surface area (Å²) in [6.07, 6.45) is 1.21. The standard InChI is InChI=1S/C22H22N2O5/c1-13-8-9-17(10-14(13)2)24-19(25)15-6-5-7-16(11-15)23-12-18-20(26)28-22(3,4)29-21(18)27/h5-12,23H,1-4H3,(H,24,25). The van der Waals surface area contributed by atoms with Crippen LogP contribution in [0.4, 0.5) is 11.4 Å². The van der Waals surface area contributed by atoms with Crippen molar-refractivity contribution in [2.24, 2.45) is 0 Å². The van der Waals surface area contributed by atoms with Gasteiger partial charge in [-0.3, -0.25) is 4.79 Å². The van der Waals surface area contributed by atoms with Crippen LogP contribution in [0.3, 0.4) is 0 Å². The molecule has 0 atom stereocenters. The van der Waals surface area contributed by atoms with Crippen molar-refractivity contribution in [2.75, 3.05) is 10.6 Å². The topological polar surface area (TPSA) is 93.7 Å². The Kier molecular flexibility index (Phi) is 5.41. The quantitative estimate of drug-likeness (QED) is 0.467. The molecule has 3 rings (SSSR count). The molecule has 1 aliphatic rings. The van der Waals surface area contributed by atoms with Crippen molar-refractivity contribution in [2.45, 2.75) is 33.5 Å². The molecule has 150 valence electrons. The minimum atomic E-state index is -1.29. The average Bonchev–Trinajstić information content (AvgIpc) is 2.63. The Balaban J connectivity index is 1.72. The summed E-state index contributed by atoms with van der Waals surface area (Å²) < 4.78 is 10.1. The van der Waals surface area contributed by atoms with Crippen molar-refractivity contribution < 1.29 is 23.9 Å². The molecule has 7 heteroatoms. The third-order valence-electron chi connectivity index (χ3n) is 4.39. The van der Waals surface area contributed by atoms with Crippen LogP contribution in [0.15, 0.2) is 54.2 Å². The summed E-state index contributed by atoms with van der Waals surface area (Å²) >= 11 is 0. The minimum Gasteiger partial charge on any atom is -0.419 e. The van der Waals surface area contributed by atoms with Gasteiger partial charge in [0.25, 0.3) is 11.7 Å². The molecule has 1 aliphatic heterocycles. The van der Waals surface area contributed by atoms with Gasteiger partial charge in [0.2, 0.25) is 0 Å². The number of ether oxygens (including phenoxy) is 2. The minimum absolute atomic E-state index is 0.255. The van der Waals surface area contributed by atoms with E-state index in [-0.39, 0.29) is 11.5 Å². The molecule has 1 fully saturated rings. The normalized spacial score (nSPS) is 15.2. The van der Waals surface area contributed by atoms with Crippen molar-refractivity contribution in [3.05, 3.63) is 70.9 Å². The Morgan fingerprint density at radius 3 is 2.28 bits per heavy atom. The number of carbonyl (C=O) groups is 3. The van der Waals surface area contributed by atoms with Gasteiger partial charge in [-0.05, 0) is 55.3 Å². The zero-order valence-electron chi connectivity index (χ0n) is 16.7. The van der Waals surface area contributed by atoms with Crippen LogP contribution >= 0.6 is 0 Å². The second-order valence-electron chi connectivity index (χ2n) is 7.22. The van der Waals surface area contributed by atoms with E-state index in [0.717, 1.165) is 11.1 Å². The number of benzene rings is 2. The predicted octanol–water partition coefficient (Wildman–Crippen LogP) is 3.69. The highest BCUT2D eigenvalue weighted by molar-refractivity contribution is 6.15. The molecule has 1 amide bonds. The zero-order chi connectivity index (χ0) is 21.2. The summed E-state index contributed by atoms with van der Waals surface area (Å²) in [5.74, 6) is -3.12. The third-order valence-corrected chi connectivity index (χ3v) is 4.39. The molecule has 0 aromatic heterocycles. The molecule has 1 heterocycles. The number of amides is 1. The number of hydrogen-bond acceptors (Lipinski definition) is 6. The SMILES string of the molecule is Cc1ccc(NC(=O)c2cccc(NC=C3C(=O)OC(C)(C)OC3=O)c2)cc1C. The molecular formula is C22H22N2O5. The number of esters is 2. The maximum absolute atomic E-state index is 12.5. The van der Waals surface area contributed by atoms with Gasteiger partial charge in [-0.25, -0.2) is 9.59 Å². The predicted molar refractivity (Wildman–Crippen MR) is 108 cm³/mol. The monoisotopic (exact) mass is 394 g/mol. The molecule has 0 unspecified atom stereocenters. The van der Waals surface area contributed by atoms with Crippen LogP contribution < -0.4 is 10.6 Å². The lowest BCUT2D eigenvalue weighted by molar-refractivity contribution is -0.222. The molecule has 0 saturated carbocycles. The highest BCUT2D eigenvalue weighted by atomic mass is 16.7. The first-order valence-corrected chi connectivity index (χ1v) is 9.07. The van der Waals surface area contributed by atoms with Crippen molar-refractivity contribution in [3.63, 3.8) is 0 Å². The fraction of sp³-hybridized carbons (Fsp3) is 0.227. The smallest absolute Gasteiger partial charge is 0.350 e. The van der Waals surface area contributed by atoms with Crippen molar-refractivity contribution in [1.82, 2.24) is 0 Å². The van der Waals surface area contributed by atoms with E-state index in [1.165, 1.54) is 20.0 Å². The molecule has 7 nitrogen and oxygen atoms in total. The van der Waals surface area contributed by atoms with Gasteiger partial charge in [-0.15, -0.1) is 0 Å². The Bertz CT molecular complexity index is 1000. The van der Waals surface area contributed by atoms with E-state index in [4.69, 9.17) is 9.47 Å². The Labute approximate surface area is 168 Å². The third kappa shape index (κ3) is 4.82. The Hall–Kier alpha value is -3.61. The van der Waals surface area contributed by atoms with Crippen LogP contribution in [-0.4, -0.2) is 23.6 Å². The lowest BCUT2D eigenvalue weighted by Crippen LogP contribution is -2.42. The van der Waals surface area contributed by atoms with E-state index in [1.54, 1.807) is 24.3 Å². The molecule has 1 saturated heterocycles. The van der Waals surface area contributed by atoms with E-state index >= 15 is 0 Å². The maximum Gasteiger partial charge on any atom is 0.350 e. The summed E-state index contributed by atoms with van der Waals surface area (Å²) in [5, 5.41) is 5.69. The summed E-state index contributed by atoms with van der Waals surface area (Å²) in [6, 6.07) is 12.4.